The van der Waals surface area contributed by atoms with Crippen molar-refractivity contribution in [3.8, 4) is 0 Å². The van der Waals surface area contributed by atoms with Crippen LogP contribution in [0.25, 0.3) is 0 Å². The van der Waals surface area contributed by atoms with Crippen LogP contribution < -0.4 is 5.32 Å². The first-order valence-electron chi connectivity index (χ1n) is 7.07. The van der Waals surface area contributed by atoms with E-state index in [4.69, 9.17) is 5.11 Å². The number of benzene rings is 1. The van der Waals surface area contributed by atoms with Gasteiger partial charge in [0.2, 0.25) is 5.91 Å². The average molecular weight is 275 g/mol. The Balaban J connectivity index is 2.04. The van der Waals surface area contributed by atoms with Crippen LogP contribution >= 0.6 is 0 Å². The van der Waals surface area contributed by atoms with E-state index in [1.54, 1.807) is 31.2 Å². The Morgan fingerprint density at radius 3 is 2.25 bits per heavy atom. The first-order chi connectivity index (χ1) is 9.42. The fourth-order valence-corrected chi connectivity index (χ4v) is 2.66. The van der Waals surface area contributed by atoms with E-state index in [9.17, 15) is 9.59 Å². The molecule has 108 valence electrons. The molecule has 0 aromatic heterocycles. The molecule has 20 heavy (non-hydrogen) atoms. The van der Waals surface area contributed by atoms with Crippen LogP contribution in [0, 0.1) is 5.41 Å². The predicted octanol–water partition coefficient (Wildman–Crippen LogP) is 3.39. The zero-order valence-electron chi connectivity index (χ0n) is 12.0. The maximum atomic E-state index is 12.3. The summed E-state index contributed by atoms with van der Waals surface area (Å²) >= 11 is 0. The van der Waals surface area contributed by atoms with E-state index in [0.29, 0.717) is 0 Å². The van der Waals surface area contributed by atoms with Crippen molar-refractivity contribution in [2.75, 3.05) is 5.32 Å². The highest BCUT2D eigenvalue weighted by molar-refractivity contribution is 5.95. The van der Waals surface area contributed by atoms with Crippen molar-refractivity contribution in [1.29, 1.82) is 0 Å². The van der Waals surface area contributed by atoms with Crippen molar-refractivity contribution in [3.05, 3.63) is 29.8 Å². The minimum absolute atomic E-state index is 0.0639. The third-order valence-corrected chi connectivity index (χ3v) is 4.29. The molecular weight excluding hydrogens is 254 g/mol. The fraction of sp³-hybridized carbons (Fsp3) is 0.500. The zero-order chi connectivity index (χ0) is 14.8. The van der Waals surface area contributed by atoms with E-state index in [1.165, 1.54) is 0 Å². The van der Waals surface area contributed by atoms with Gasteiger partial charge in [-0.25, -0.2) is 0 Å². The van der Waals surface area contributed by atoms with E-state index in [2.05, 4.69) is 5.32 Å². The van der Waals surface area contributed by atoms with Crippen LogP contribution in [-0.2, 0) is 9.59 Å². The summed E-state index contributed by atoms with van der Waals surface area (Å²) < 4.78 is 0. The molecule has 1 saturated carbocycles. The van der Waals surface area contributed by atoms with Gasteiger partial charge in [0.1, 0.15) is 0 Å². The van der Waals surface area contributed by atoms with Gasteiger partial charge in [0.15, 0.2) is 0 Å². The highest BCUT2D eigenvalue weighted by Crippen LogP contribution is 2.38. The van der Waals surface area contributed by atoms with Crippen LogP contribution in [0.15, 0.2) is 24.3 Å². The average Bonchev–Trinajstić information content (AvgIpc) is 2.87. The number of nitrogens with one attached hydrogen (secondary N) is 1. The third-order valence-electron chi connectivity index (χ3n) is 4.29. The molecule has 0 saturated heterocycles. The van der Waals surface area contributed by atoms with Gasteiger partial charge in [-0.2, -0.15) is 0 Å². The molecule has 4 heteroatoms. The Morgan fingerprint density at radius 1 is 1.20 bits per heavy atom. The number of anilines is 1. The maximum Gasteiger partial charge on any atom is 0.310 e. The van der Waals surface area contributed by atoms with Crippen molar-refractivity contribution in [1.82, 2.24) is 0 Å². The van der Waals surface area contributed by atoms with Crippen molar-refractivity contribution in [3.63, 3.8) is 0 Å². The third kappa shape index (κ3) is 3.00. The lowest BCUT2D eigenvalue weighted by Gasteiger charge is -2.22. The topological polar surface area (TPSA) is 66.4 Å². The quantitative estimate of drug-likeness (QED) is 0.885. The SMILES string of the molecule is CC(C(=O)O)c1ccc(NC(=O)C2(C)CCCC2)cc1. The number of carboxylic acids is 1. The van der Waals surface area contributed by atoms with Crippen LogP contribution in [-0.4, -0.2) is 17.0 Å². The van der Waals surface area contributed by atoms with Crippen molar-refractivity contribution in [2.45, 2.75) is 45.4 Å². The fourth-order valence-electron chi connectivity index (χ4n) is 2.66. The van der Waals surface area contributed by atoms with Crippen LogP contribution in [0.3, 0.4) is 0 Å². The van der Waals surface area contributed by atoms with Crippen LogP contribution in [0.4, 0.5) is 5.69 Å². The monoisotopic (exact) mass is 275 g/mol. The zero-order valence-corrected chi connectivity index (χ0v) is 12.0. The summed E-state index contributed by atoms with van der Waals surface area (Å²) in [7, 11) is 0. The summed E-state index contributed by atoms with van der Waals surface area (Å²) in [6.45, 7) is 3.66. The number of carbonyl (C=O) groups excluding carboxylic acids is 1. The van der Waals surface area contributed by atoms with Gasteiger partial charge in [-0.15, -0.1) is 0 Å². The standard InChI is InChI=1S/C16H21NO3/c1-11(14(18)19)12-5-7-13(8-6-12)17-15(20)16(2)9-3-4-10-16/h5-8,11H,3-4,9-10H2,1-2H3,(H,17,20)(H,18,19). The Kier molecular flexibility index (Phi) is 4.12. The second-order valence-corrected chi connectivity index (χ2v) is 5.90. The van der Waals surface area contributed by atoms with Gasteiger partial charge in [0.25, 0.3) is 0 Å². The normalized spacial score (nSPS) is 18.5. The van der Waals surface area contributed by atoms with Gasteiger partial charge in [-0.3, -0.25) is 9.59 Å². The summed E-state index contributed by atoms with van der Waals surface area (Å²) in [5.74, 6) is -1.32. The van der Waals surface area contributed by atoms with Gasteiger partial charge in [0.05, 0.1) is 5.92 Å². The minimum atomic E-state index is -0.847. The van der Waals surface area contributed by atoms with Gasteiger partial charge in [-0.05, 0) is 37.5 Å². The van der Waals surface area contributed by atoms with Crippen molar-refractivity contribution >= 4 is 17.6 Å². The molecule has 1 amide bonds. The van der Waals surface area contributed by atoms with E-state index in [1.807, 2.05) is 6.92 Å². The highest BCUT2D eigenvalue weighted by Gasteiger charge is 2.36. The Bertz CT molecular complexity index is 501. The number of hydrogen-bond acceptors (Lipinski definition) is 2. The van der Waals surface area contributed by atoms with Gasteiger partial charge >= 0.3 is 5.97 Å². The molecule has 1 aliphatic carbocycles. The van der Waals surface area contributed by atoms with Crippen LogP contribution in [0.5, 0.6) is 0 Å². The summed E-state index contributed by atoms with van der Waals surface area (Å²) in [6, 6.07) is 7.05. The van der Waals surface area contributed by atoms with E-state index < -0.39 is 11.9 Å². The van der Waals surface area contributed by atoms with Crippen molar-refractivity contribution in [2.24, 2.45) is 5.41 Å². The number of amides is 1. The lowest BCUT2D eigenvalue weighted by Crippen LogP contribution is -2.30. The lowest BCUT2D eigenvalue weighted by atomic mass is 9.88. The molecule has 1 aromatic carbocycles. The predicted molar refractivity (Wildman–Crippen MR) is 77.7 cm³/mol. The number of carbonyl (C=O) groups is 2. The van der Waals surface area contributed by atoms with Gasteiger partial charge in [-0.1, -0.05) is 31.9 Å². The Labute approximate surface area is 119 Å². The van der Waals surface area contributed by atoms with Gasteiger partial charge in [0, 0.05) is 11.1 Å². The molecule has 1 unspecified atom stereocenters. The molecule has 4 nitrogen and oxygen atoms in total. The number of rotatable bonds is 4. The summed E-state index contributed by atoms with van der Waals surface area (Å²) in [4.78, 5) is 23.2. The molecule has 0 heterocycles. The first-order valence-corrected chi connectivity index (χ1v) is 7.07. The Hall–Kier alpha value is -1.84. The van der Waals surface area contributed by atoms with Crippen LogP contribution in [0.1, 0.15) is 51.0 Å². The molecule has 2 N–H and O–H groups in total. The van der Waals surface area contributed by atoms with Gasteiger partial charge < -0.3 is 10.4 Å². The largest absolute Gasteiger partial charge is 0.481 e. The highest BCUT2D eigenvalue weighted by atomic mass is 16.4. The molecular formula is C16H21NO3. The number of aliphatic carboxylic acids is 1. The Morgan fingerprint density at radius 2 is 1.75 bits per heavy atom. The maximum absolute atomic E-state index is 12.3. The van der Waals surface area contributed by atoms with E-state index in [-0.39, 0.29) is 11.3 Å². The second-order valence-electron chi connectivity index (χ2n) is 5.90. The molecule has 0 spiro atoms. The molecule has 2 rings (SSSR count). The first kappa shape index (κ1) is 14.6. The summed E-state index contributed by atoms with van der Waals surface area (Å²) in [5, 5.41) is 11.9. The second kappa shape index (κ2) is 5.65. The van der Waals surface area contributed by atoms with Crippen molar-refractivity contribution < 1.29 is 14.7 Å². The molecule has 1 fully saturated rings. The summed E-state index contributed by atoms with van der Waals surface area (Å²) in [5.41, 5.74) is 1.21. The molecule has 1 aliphatic rings. The van der Waals surface area contributed by atoms with E-state index in [0.717, 1.165) is 36.9 Å². The lowest BCUT2D eigenvalue weighted by molar-refractivity contribution is -0.138. The minimum Gasteiger partial charge on any atom is -0.481 e. The number of carboxylic acid groups (broad SMARTS) is 1. The van der Waals surface area contributed by atoms with E-state index >= 15 is 0 Å². The molecule has 0 bridgehead atoms. The smallest absolute Gasteiger partial charge is 0.310 e. The van der Waals surface area contributed by atoms with Crippen LogP contribution in [0.2, 0.25) is 0 Å². The number of hydrogen-bond donors (Lipinski definition) is 2. The molecule has 1 atom stereocenters. The molecule has 1 aromatic rings. The molecule has 0 aliphatic heterocycles. The molecule has 0 radical (unpaired) electrons. The summed E-state index contributed by atoms with van der Waals surface area (Å²) in [6.07, 6.45) is 4.10.